The Morgan fingerprint density at radius 1 is 1.50 bits per heavy atom. The van der Waals surface area contributed by atoms with E-state index in [1.807, 2.05) is 13.8 Å². The molecule has 24 heavy (non-hydrogen) atoms. The summed E-state index contributed by atoms with van der Waals surface area (Å²) in [6, 6.07) is 1.54. The summed E-state index contributed by atoms with van der Waals surface area (Å²) < 4.78 is 6.34. The Morgan fingerprint density at radius 2 is 2.29 bits per heavy atom. The van der Waals surface area contributed by atoms with Gasteiger partial charge in [0, 0.05) is 25.7 Å². The van der Waals surface area contributed by atoms with E-state index in [1.165, 1.54) is 34.8 Å². The van der Waals surface area contributed by atoms with E-state index in [9.17, 15) is 9.59 Å². The van der Waals surface area contributed by atoms with Crippen molar-refractivity contribution < 1.29 is 9.53 Å². The van der Waals surface area contributed by atoms with Crippen molar-refractivity contribution in [3.8, 4) is 0 Å². The summed E-state index contributed by atoms with van der Waals surface area (Å²) in [5.41, 5.74) is 0.573. The molecule has 0 spiro atoms. The van der Waals surface area contributed by atoms with Crippen LogP contribution in [0, 0.1) is 12.8 Å². The first-order valence-corrected chi connectivity index (χ1v) is 9.11. The summed E-state index contributed by atoms with van der Waals surface area (Å²) in [5.74, 6) is 0.516. The molecule has 1 saturated carbocycles. The van der Waals surface area contributed by atoms with E-state index in [-0.39, 0.29) is 11.5 Å². The fourth-order valence-corrected chi connectivity index (χ4v) is 3.41. The normalized spacial score (nSPS) is 14.5. The Morgan fingerprint density at radius 3 is 3.00 bits per heavy atom. The molecule has 0 bridgehead atoms. The number of fused-ring (bicyclic) bond motifs is 1. The lowest BCUT2D eigenvalue weighted by Crippen LogP contribution is -2.30. The van der Waals surface area contributed by atoms with Crippen molar-refractivity contribution in [2.24, 2.45) is 5.92 Å². The summed E-state index contributed by atoms with van der Waals surface area (Å²) >= 11 is 1.41. The molecule has 2 aromatic rings. The summed E-state index contributed by atoms with van der Waals surface area (Å²) in [6.07, 6.45) is 2.83. The second-order valence-electron chi connectivity index (χ2n) is 6.13. The van der Waals surface area contributed by atoms with Crippen LogP contribution in [0.25, 0.3) is 4.96 Å². The van der Waals surface area contributed by atoms with Crippen LogP contribution in [-0.4, -0.2) is 45.2 Å². The number of carbonyl (C=O) groups excluding carboxylic acids is 1. The van der Waals surface area contributed by atoms with Crippen LogP contribution >= 0.6 is 11.3 Å². The van der Waals surface area contributed by atoms with Gasteiger partial charge in [-0.1, -0.05) is 11.3 Å². The van der Waals surface area contributed by atoms with Gasteiger partial charge < -0.3 is 4.74 Å². The van der Waals surface area contributed by atoms with Crippen molar-refractivity contribution in [1.29, 1.82) is 0 Å². The average molecular weight is 350 g/mol. The molecule has 8 heteroatoms. The first-order chi connectivity index (χ1) is 11.5. The molecular weight excluding hydrogens is 328 g/mol. The van der Waals surface area contributed by atoms with Gasteiger partial charge in [-0.25, -0.2) is 4.98 Å². The predicted octanol–water partition coefficient (Wildman–Crippen LogP) is 1.62. The molecular formula is C16H22N4O3S. The molecule has 2 heterocycles. The minimum atomic E-state index is -0.181. The van der Waals surface area contributed by atoms with Gasteiger partial charge in [-0.05, 0) is 32.6 Å². The van der Waals surface area contributed by atoms with E-state index in [4.69, 9.17) is 4.74 Å². The van der Waals surface area contributed by atoms with Gasteiger partial charge in [0.15, 0.2) is 0 Å². The highest BCUT2D eigenvalue weighted by molar-refractivity contribution is 7.16. The maximum absolute atomic E-state index is 12.2. The number of carbonyl (C=O) groups is 1. The van der Waals surface area contributed by atoms with Crippen molar-refractivity contribution >= 4 is 22.3 Å². The molecule has 1 aliphatic rings. The molecule has 0 aromatic carbocycles. The Kier molecular flexibility index (Phi) is 5.25. The molecule has 0 amide bonds. The van der Waals surface area contributed by atoms with Gasteiger partial charge >= 0.3 is 5.97 Å². The minimum Gasteiger partial charge on any atom is -0.466 e. The standard InChI is InChI=1S/C16H22N4O3S/c1-3-23-15(22)6-7-19(9-12-4-5-12)10-13-8-14(21)20-16(17-13)24-11(2)18-20/h8,12H,3-7,9-10H2,1-2H3. The van der Waals surface area contributed by atoms with Gasteiger partial charge in [0.05, 0.1) is 18.7 Å². The summed E-state index contributed by atoms with van der Waals surface area (Å²) in [6.45, 7) is 6.20. The Balaban J connectivity index is 1.71. The molecule has 7 nitrogen and oxygen atoms in total. The molecule has 0 unspecified atom stereocenters. The van der Waals surface area contributed by atoms with Gasteiger partial charge in [-0.15, -0.1) is 0 Å². The van der Waals surface area contributed by atoms with E-state index in [1.54, 1.807) is 0 Å². The summed E-state index contributed by atoms with van der Waals surface area (Å²) in [7, 11) is 0. The van der Waals surface area contributed by atoms with E-state index in [0.717, 1.165) is 17.2 Å². The smallest absolute Gasteiger partial charge is 0.307 e. The number of aryl methyl sites for hydroxylation is 1. The van der Waals surface area contributed by atoms with Crippen LogP contribution in [0.2, 0.25) is 0 Å². The zero-order chi connectivity index (χ0) is 17.1. The second kappa shape index (κ2) is 7.40. The Bertz CT molecular complexity index is 781. The molecule has 1 aliphatic carbocycles. The first-order valence-electron chi connectivity index (χ1n) is 8.29. The maximum atomic E-state index is 12.2. The Hall–Kier alpha value is -1.80. The van der Waals surface area contributed by atoms with Crippen molar-refractivity contribution in [2.45, 2.75) is 39.7 Å². The van der Waals surface area contributed by atoms with E-state index < -0.39 is 0 Å². The number of aromatic nitrogens is 3. The lowest BCUT2D eigenvalue weighted by Gasteiger charge is -2.21. The second-order valence-corrected chi connectivity index (χ2v) is 7.29. The fourth-order valence-electron chi connectivity index (χ4n) is 2.65. The van der Waals surface area contributed by atoms with Crippen molar-refractivity contribution in [3.05, 3.63) is 27.1 Å². The van der Waals surface area contributed by atoms with Gasteiger partial charge in [-0.2, -0.15) is 9.61 Å². The summed E-state index contributed by atoms with van der Waals surface area (Å²) in [5, 5.41) is 4.97. The van der Waals surface area contributed by atoms with Crippen LogP contribution in [-0.2, 0) is 16.1 Å². The maximum Gasteiger partial charge on any atom is 0.307 e. The van der Waals surface area contributed by atoms with Gasteiger partial charge in [-0.3, -0.25) is 14.5 Å². The van der Waals surface area contributed by atoms with Crippen molar-refractivity contribution in [3.63, 3.8) is 0 Å². The van der Waals surface area contributed by atoms with Crippen LogP contribution in [0.5, 0.6) is 0 Å². The fraction of sp³-hybridized carbons (Fsp3) is 0.625. The SMILES string of the molecule is CCOC(=O)CCN(Cc1cc(=O)n2nc(C)sc2n1)CC1CC1. The van der Waals surface area contributed by atoms with Crippen LogP contribution in [0.1, 0.15) is 36.9 Å². The predicted molar refractivity (Wildman–Crippen MR) is 91.1 cm³/mol. The molecule has 0 N–H and O–H groups in total. The number of rotatable bonds is 8. The van der Waals surface area contributed by atoms with Crippen LogP contribution < -0.4 is 5.56 Å². The van der Waals surface area contributed by atoms with E-state index >= 15 is 0 Å². The highest BCUT2D eigenvalue weighted by Crippen LogP contribution is 2.30. The van der Waals surface area contributed by atoms with Crippen molar-refractivity contribution in [1.82, 2.24) is 19.5 Å². The van der Waals surface area contributed by atoms with Gasteiger partial charge in [0.25, 0.3) is 5.56 Å². The molecule has 3 rings (SSSR count). The number of hydrogen-bond donors (Lipinski definition) is 0. The molecule has 0 saturated heterocycles. The zero-order valence-corrected chi connectivity index (χ0v) is 14.8. The largest absolute Gasteiger partial charge is 0.466 e. The third kappa shape index (κ3) is 4.39. The molecule has 2 aromatic heterocycles. The number of ether oxygens (including phenoxy) is 1. The number of nitrogens with zero attached hydrogens (tertiary/aromatic N) is 4. The van der Waals surface area contributed by atoms with Gasteiger partial charge in [0.1, 0.15) is 5.01 Å². The highest BCUT2D eigenvalue weighted by atomic mass is 32.1. The van der Waals surface area contributed by atoms with Crippen molar-refractivity contribution in [2.75, 3.05) is 19.7 Å². The third-order valence-electron chi connectivity index (χ3n) is 3.94. The van der Waals surface area contributed by atoms with Gasteiger partial charge in [0.2, 0.25) is 4.96 Å². The van der Waals surface area contributed by atoms with Crippen LogP contribution in [0.3, 0.4) is 0 Å². The van der Waals surface area contributed by atoms with Crippen LogP contribution in [0.15, 0.2) is 10.9 Å². The zero-order valence-electron chi connectivity index (χ0n) is 14.0. The lowest BCUT2D eigenvalue weighted by molar-refractivity contribution is -0.143. The summed E-state index contributed by atoms with van der Waals surface area (Å²) in [4.78, 5) is 31.1. The number of hydrogen-bond acceptors (Lipinski definition) is 7. The molecule has 130 valence electrons. The molecule has 0 radical (unpaired) electrons. The molecule has 0 aliphatic heterocycles. The highest BCUT2D eigenvalue weighted by Gasteiger charge is 2.25. The van der Waals surface area contributed by atoms with Crippen LogP contribution in [0.4, 0.5) is 0 Å². The number of esters is 1. The van der Waals surface area contributed by atoms with E-state index in [2.05, 4.69) is 15.0 Å². The molecule has 1 fully saturated rings. The monoisotopic (exact) mass is 350 g/mol. The first kappa shape index (κ1) is 17.0. The minimum absolute atomic E-state index is 0.156. The Labute approximate surface area is 144 Å². The topological polar surface area (TPSA) is 76.8 Å². The molecule has 0 atom stereocenters. The quantitative estimate of drug-likeness (QED) is 0.674. The average Bonchev–Trinajstić information content (AvgIpc) is 3.25. The lowest BCUT2D eigenvalue weighted by atomic mass is 10.3. The van der Waals surface area contributed by atoms with E-state index in [0.29, 0.717) is 37.0 Å². The third-order valence-corrected chi connectivity index (χ3v) is 4.76.